The van der Waals surface area contributed by atoms with E-state index in [-0.39, 0.29) is 0 Å². The number of rotatable bonds is 44. The van der Waals surface area contributed by atoms with Crippen molar-refractivity contribution in [1.29, 1.82) is 0 Å². The molecule has 0 fully saturated rings. The van der Waals surface area contributed by atoms with Crippen LogP contribution in [-0.4, -0.2) is 36.8 Å². The molecule has 7 heteroatoms. The van der Waals surface area contributed by atoms with Crippen LogP contribution in [0.25, 0.3) is 105 Å². The van der Waals surface area contributed by atoms with E-state index in [0.29, 0.717) is 0 Å². The predicted molar refractivity (Wildman–Crippen MR) is 526 cm³/mol. The van der Waals surface area contributed by atoms with Gasteiger partial charge in [-0.05, 0) is 185 Å². The van der Waals surface area contributed by atoms with Crippen molar-refractivity contribution in [2.24, 2.45) is 0 Å². The van der Waals surface area contributed by atoms with E-state index in [9.17, 15) is 0 Å². The molecule has 13 aromatic rings. The third-order valence-electron chi connectivity index (χ3n) is 24.6. The fraction of sp³-hybridized carbons (Fsp3) is 0.453. The summed E-state index contributed by atoms with van der Waals surface area (Å²) in [4.78, 5) is 9.25. The summed E-state index contributed by atoms with van der Waals surface area (Å²) in [6, 6.07) is 71.2. The molecule has 0 unspecified atom stereocenters. The summed E-state index contributed by atoms with van der Waals surface area (Å²) in [6.45, 7) is 24.0. The Labute approximate surface area is 717 Å². The van der Waals surface area contributed by atoms with E-state index in [1.807, 2.05) is 31.1 Å². The number of aryl methyl sites for hydroxylation is 4. The van der Waals surface area contributed by atoms with Crippen LogP contribution in [0.5, 0.6) is 0 Å². The molecular weight excluding hydrogens is 1720 g/mol. The SMILES string of the molecule is Brc1ccc2cc3ccccc3cc2c1.CCCCCCc1c[c]([Sn]([CH2]CCC)([CH2]CCC)[CH2]CCC)sc1-c1cc(CCCCCC)[c]([Sn]([CH2]CCC)([CH2]CCC)[CH2]CCC)s1.CCCCCCc1cc(-c2sc(-c3ccc4cc5ccccc5cc4c3)cc2CCCCCC)sc1-c1ccc2cc3ccccc3cc2c1. The summed E-state index contributed by atoms with van der Waals surface area (Å²) < 4.78 is 14.8. The zero-order valence-electron chi connectivity index (χ0n) is 71.3. The molecular formula is C106H137BrS4Sn2. The molecule has 0 bridgehead atoms. The molecule has 9 aromatic carbocycles. The third-order valence-corrected chi connectivity index (χ3v) is 66.9. The van der Waals surface area contributed by atoms with E-state index >= 15 is 0 Å². The summed E-state index contributed by atoms with van der Waals surface area (Å²) in [5.41, 5.74) is 9.36. The van der Waals surface area contributed by atoms with Crippen molar-refractivity contribution in [2.75, 3.05) is 0 Å². The van der Waals surface area contributed by atoms with Gasteiger partial charge in [0.05, 0.1) is 0 Å². The Kier molecular flexibility index (Phi) is 36.9. The molecule has 0 atom stereocenters. The minimum Gasteiger partial charge on any atom is -0.134 e. The van der Waals surface area contributed by atoms with Gasteiger partial charge < -0.3 is 0 Å². The van der Waals surface area contributed by atoms with E-state index in [1.54, 1.807) is 41.9 Å². The van der Waals surface area contributed by atoms with Crippen molar-refractivity contribution in [2.45, 2.75) is 301 Å². The van der Waals surface area contributed by atoms with Gasteiger partial charge in [0.1, 0.15) is 0 Å². The number of thiophene rings is 4. The second kappa shape index (κ2) is 46.7. The third kappa shape index (κ3) is 24.3. The molecule has 0 amide bonds. The van der Waals surface area contributed by atoms with Gasteiger partial charge in [0.2, 0.25) is 0 Å². The first-order valence-corrected chi connectivity index (χ1v) is 64.4. The second-order valence-electron chi connectivity index (χ2n) is 33.5. The average molecular weight is 1860 g/mol. The van der Waals surface area contributed by atoms with Gasteiger partial charge in [0, 0.05) is 24.0 Å². The summed E-state index contributed by atoms with van der Waals surface area (Å²) in [5, 5.41) is 15.7. The first-order valence-electron chi connectivity index (χ1n) is 45.4. The zero-order valence-corrected chi connectivity index (χ0v) is 81.8. The van der Waals surface area contributed by atoms with Crippen LogP contribution in [0.4, 0.5) is 0 Å². The largest absolute Gasteiger partial charge is 0.134 e. The molecule has 0 aliphatic rings. The Morgan fingerprint density at radius 3 is 0.973 bits per heavy atom. The Balaban J connectivity index is 0.000000188. The molecule has 0 saturated heterocycles. The number of unbranched alkanes of at least 4 members (excludes halogenated alkanes) is 18. The average Bonchev–Trinajstić information content (AvgIpc) is 1.65. The summed E-state index contributed by atoms with van der Waals surface area (Å²) in [5.74, 6) is 0. The maximum absolute atomic E-state index is 3.50. The fourth-order valence-electron chi connectivity index (χ4n) is 17.8. The number of hydrogen-bond donors (Lipinski definition) is 0. The Morgan fingerprint density at radius 2 is 0.540 bits per heavy atom. The van der Waals surface area contributed by atoms with E-state index < -0.39 is 36.8 Å². The van der Waals surface area contributed by atoms with Crippen LogP contribution in [0.2, 0.25) is 26.6 Å². The van der Waals surface area contributed by atoms with Gasteiger partial charge in [-0.15, -0.1) is 22.7 Å². The topological polar surface area (TPSA) is 0 Å². The smallest absolute Gasteiger partial charge is 0.0481 e. The van der Waals surface area contributed by atoms with Crippen molar-refractivity contribution in [1.82, 2.24) is 0 Å². The standard InChI is InChI=1S/C48H46S2.C20H28S2.C14H9Br.6C4H9.2Sn/c1-3-5-7-9-19-40-32-46(50-47(40)42-24-22-38-26-34-16-12-14-18-36(34)28-44(38)30-42)48-41(20-10-8-6-4-2)31-45(49-48)39-23-21-37-25-33-15-11-13-17-35(33)27-43(37)29-39;1-3-5-7-9-11-17-15-19(22-16-17)20-18(13-14-21-20)12-10-8-6-4-2;15-14-6-5-12-7-10-3-1-2-4-11(10)8-13(12)9-14;6*1-3-4-2;;/h11-18,21-32H,3-10,19-20H2,1-2H3;13,15H,3-12H2,1-2H3;1-9H;6*1,3-4H2,2H3;;. The number of fused-ring (bicyclic) bond motifs is 6. The molecule has 0 saturated carbocycles. The second-order valence-corrected chi connectivity index (χ2v) is 66.8. The molecule has 600 valence electrons. The maximum Gasteiger partial charge on any atom is 0.0481 e. The number of hydrogen-bond acceptors (Lipinski definition) is 4. The summed E-state index contributed by atoms with van der Waals surface area (Å²) >= 11 is 7.24. The number of halogens is 1. The van der Waals surface area contributed by atoms with Crippen LogP contribution < -0.4 is 5.79 Å². The van der Waals surface area contributed by atoms with Crippen molar-refractivity contribution in [3.63, 3.8) is 0 Å². The monoisotopic (exact) mass is 1860 g/mol. The van der Waals surface area contributed by atoms with Gasteiger partial charge in [-0.3, -0.25) is 0 Å². The predicted octanol–water partition coefficient (Wildman–Crippen LogP) is 36.3. The van der Waals surface area contributed by atoms with Crippen molar-refractivity contribution >= 4 is 168 Å². The van der Waals surface area contributed by atoms with Gasteiger partial charge in [0.25, 0.3) is 0 Å². The van der Waals surface area contributed by atoms with Gasteiger partial charge in [-0.1, -0.05) is 171 Å². The van der Waals surface area contributed by atoms with Crippen LogP contribution in [-0.2, 0) is 25.7 Å². The van der Waals surface area contributed by atoms with E-state index in [0.717, 1.165) is 17.3 Å². The van der Waals surface area contributed by atoms with E-state index in [1.165, 1.54) is 299 Å². The summed E-state index contributed by atoms with van der Waals surface area (Å²) in [6.07, 6.45) is 43.4. The van der Waals surface area contributed by atoms with Crippen molar-refractivity contribution in [3.05, 3.63) is 215 Å². The Bertz CT molecular complexity index is 4990. The van der Waals surface area contributed by atoms with E-state index in [2.05, 4.69) is 299 Å². The van der Waals surface area contributed by atoms with Crippen LogP contribution >= 0.6 is 61.3 Å². The minimum atomic E-state index is -2.56. The Hall–Kier alpha value is -4.58. The molecule has 0 nitrogen and oxygen atoms in total. The minimum absolute atomic E-state index is 1.13. The van der Waals surface area contributed by atoms with Crippen LogP contribution in [0.15, 0.2) is 193 Å². The maximum atomic E-state index is 3.50. The fourth-order valence-corrected chi connectivity index (χ4v) is 62.7. The number of benzene rings is 9. The molecule has 13 rings (SSSR count). The van der Waals surface area contributed by atoms with Crippen LogP contribution in [0.3, 0.4) is 0 Å². The molecule has 0 N–H and O–H groups in total. The van der Waals surface area contributed by atoms with Crippen LogP contribution in [0, 0.1) is 0 Å². The van der Waals surface area contributed by atoms with Gasteiger partial charge in [0.15, 0.2) is 0 Å². The first-order chi connectivity index (χ1) is 55.4. The molecule has 0 aliphatic heterocycles. The van der Waals surface area contributed by atoms with Crippen LogP contribution in [0.1, 0.15) is 271 Å². The van der Waals surface area contributed by atoms with Gasteiger partial charge in [-0.2, -0.15) is 0 Å². The molecule has 0 radical (unpaired) electrons. The van der Waals surface area contributed by atoms with Gasteiger partial charge >= 0.3 is 321 Å². The zero-order chi connectivity index (χ0) is 79.2. The van der Waals surface area contributed by atoms with Gasteiger partial charge in [-0.25, -0.2) is 0 Å². The van der Waals surface area contributed by atoms with Crippen molar-refractivity contribution in [3.8, 4) is 40.4 Å². The molecule has 113 heavy (non-hydrogen) atoms. The quantitative estimate of drug-likeness (QED) is 0.0203. The summed E-state index contributed by atoms with van der Waals surface area (Å²) in [7, 11) is 0. The Morgan fingerprint density at radius 1 is 0.230 bits per heavy atom. The van der Waals surface area contributed by atoms with E-state index in [4.69, 9.17) is 0 Å². The van der Waals surface area contributed by atoms with Crippen molar-refractivity contribution < 1.29 is 0 Å². The molecule has 0 aliphatic carbocycles. The normalized spacial score (nSPS) is 12.0. The first kappa shape index (κ1) is 89.2. The molecule has 0 spiro atoms. The molecule has 4 heterocycles. The molecule has 4 aromatic heterocycles.